The van der Waals surface area contributed by atoms with Gasteiger partial charge in [-0.15, -0.1) is 0 Å². The highest BCUT2D eigenvalue weighted by molar-refractivity contribution is 6.42. The average molecular weight is 359 g/mol. The molecule has 0 bridgehead atoms. The first-order valence-corrected chi connectivity index (χ1v) is 7.78. The molecule has 2 aromatic carbocycles. The van der Waals surface area contributed by atoms with Gasteiger partial charge in [-0.3, -0.25) is 0 Å². The molecule has 120 valence electrons. The van der Waals surface area contributed by atoms with Crippen LogP contribution in [0.3, 0.4) is 0 Å². The first-order chi connectivity index (χ1) is 11.5. The highest BCUT2D eigenvalue weighted by Crippen LogP contribution is 2.49. The molecule has 4 nitrogen and oxygen atoms in total. The van der Waals surface area contributed by atoms with Crippen molar-refractivity contribution in [1.29, 1.82) is 5.26 Å². The van der Waals surface area contributed by atoms with Crippen LogP contribution in [0.25, 0.3) is 5.70 Å². The monoisotopic (exact) mass is 358 g/mol. The van der Waals surface area contributed by atoms with Gasteiger partial charge in [0.25, 0.3) is 0 Å². The summed E-state index contributed by atoms with van der Waals surface area (Å²) in [5, 5.41) is 10.7. The van der Waals surface area contributed by atoms with Crippen molar-refractivity contribution in [1.82, 2.24) is 0 Å². The first kappa shape index (κ1) is 16.4. The fourth-order valence-corrected chi connectivity index (χ4v) is 3.39. The zero-order chi connectivity index (χ0) is 17.5. The van der Waals surface area contributed by atoms with Gasteiger partial charge >= 0.3 is 5.97 Å². The fraction of sp³-hybridized carbons (Fsp3) is 0.111. The molecule has 0 spiro atoms. The number of hydrogen-bond donors (Lipinski definition) is 1. The van der Waals surface area contributed by atoms with Gasteiger partial charge in [-0.25, -0.2) is 4.79 Å². The number of hydrogen-bond acceptors (Lipinski definition) is 4. The molecule has 0 saturated carbocycles. The molecule has 3 rings (SSSR count). The van der Waals surface area contributed by atoms with Crippen LogP contribution < -0.4 is 5.73 Å². The molecule has 1 aliphatic carbocycles. The number of nitriles is 1. The molecule has 0 fully saturated rings. The van der Waals surface area contributed by atoms with Crippen molar-refractivity contribution >= 4 is 34.9 Å². The summed E-state index contributed by atoms with van der Waals surface area (Å²) in [6.45, 7) is 0. The van der Waals surface area contributed by atoms with Gasteiger partial charge in [-0.05, 0) is 23.3 Å². The third-order valence-corrected chi connectivity index (χ3v) is 4.91. The van der Waals surface area contributed by atoms with Crippen molar-refractivity contribution < 1.29 is 9.53 Å². The van der Waals surface area contributed by atoms with E-state index in [4.69, 9.17) is 33.7 Å². The number of nitrogens with zero attached hydrogens (tertiary/aromatic N) is 1. The predicted molar refractivity (Wildman–Crippen MR) is 92.4 cm³/mol. The maximum atomic E-state index is 12.4. The molecule has 1 unspecified atom stereocenters. The Hall–Kier alpha value is -2.48. The Morgan fingerprint density at radius 2 is 1.92 bits per heavy atom. The normalized spacial score (nSPS) is 18.9. The number of methoxy groups -OCH3 is 1. The van der Waals surface area contributed by atoms with Gasteiger partial charge in [-0.2, -0.15) is 5.26 Å². The van der Waals surface area contributed by atoms with Crippen LogP contribution in [0.2, 0.25) is 10.0 Å². The molecule has 0 saturated heterocycles. The zero-order valence-corrected chi connectivity index (χ0v) is 14.2. The predicted octanol–water partition coefficient (Wildman–Crippen LogP) is 3.66. The summed E-state index contributed by atoms with van der Waals surface area (Å²) in [7, 11) is 1.25. The highest BCUT2D eigenvalue weighted by atomic mass is 35.5. The van der Waals surface area contributed by atoms with Gasteiger partial charge in [-0.1, -0.05) is 53.5 Å². The summed E-state index contributed by atoms with van der Waals surface area (Å²) in [5.41, 5.74) is 6.86. The highest BCUT2D eigenvalue weighted by Gasteiger charge is 2.50. The summed E-state index contributed by atoms with van der Waals surface area (Å²) in [4.78, 5) is 12.4. The van der Waals surface area contributed by atoms with Crippen LogP contribution in [0.4, 0.5) is 0 Å². The Morgan fingerprint density at radius 3 is 2.54 bits per heavy atom. The molecule has 1 aliphatic rings. The molecule has 24 heavy (non-hydrogen) atoms. The maximum absolute atomic E-state index is 12.4. The van der Waals surface area contributed by atoms with Crippen molar-refractivity contribution in [3.63, 3.8) is 0 Å². The summed E-state index contributed by atoms with van der Waals surface area (Å²) in [5.74, 6) is -0.656. The molecular weight excluding hydrogens is 347 g/mol. The summed E-state index contributed by atoms with van der Waals surface area (Å²) < 4.78 is 4.88. The van der Waals surface area contributed by atoms with Gasteiger partial charge in [0.15, 0.2) is 0 Å². The standard InChI is InChI=1S/C18H12Cl2N2O2/c1-24-17(23)15-16(22)11-4-2-3-5-12(11)18(15,9-21)10-6-7-13(19)14(20)8-10/h2-8H,22H2,1H3. The minimum atomic E-state index is -1.40. The van der Waals surface area contributed by atoms with Crippen molar-refractivity contribution in [2.75, 3.05) is 7.11 Å². The molecule has 0 heterocycles. The number of rotatable bonds is 2. The topological polar surface area (TPSA) is 76.1 Å². The SMILES string of the molecule is COC(=O)C1=C(N)c2ccccc2C1(C#N)c1ccc(Cl)c(Cl)c1. The van der Waals surface area contributed by atoms with Gasteiger partial charge in [0.1, 0.15) is 5.41 Å². The summed E-state index contributed by atoms with van der Waals surface area (Å²) >= 11 is 12.1. The van der Waals surface area contributed by atoms with Gasteiger partial charge in [0.2, 0.25) is 0 Å². The number of esters is 1. The minimum absolute atomic E-state index is 0.0899. The minimum Gasteiger partial charge on any atom is -0.466 e. The number of carbonyl (C=O) groups is 1. The van der Waals surface area contributed by atoms with Crippen LogP contribution in [0, 0.1) is 11.3 Å². The van der Waals surface area contributed by atoms with Gasteiger partial charge < -0.3 is 10.5 Å². The summed E-state index contributed by atoms with van der Waals surface area (Å²) in [6.07, 6.45) is 0. The van der Waals surface area contributed by atoms with Crippen LogP contribution in [0.5, 0.6) is 0 Å². The summed E-state index contributed by atoms with van der Waals surface area (Å²) in [6, 6.07) is 14.2. The zero-order valence-electron chi connectivity index (χ0n) is 12.6. The van der Waals surface area contributed by atoms with Gasteiger partial charge in [0, 0.05) is 5.56 Å². The lowest BCUT2D eigenvalue weighted by atomic mass is 9.73. The molecule has 0 radical (unpaired) electrons. The largest absolute Gasteiger partial charge is 0.466 e. The molecule has 0 aromatic heterocycles. The van der Waals surface area contributed by atoms with Crippen molar-refractivity contribution in [2.45, 2.75) is 5.41 Å². The number of carbonyl (C=O) groups excluding carboxylic acids is 1. The number of ether oxygens (including phenoxy) is 1. The molecule has 6 heteroatoms. The molecular formula is C18H12Cl2N2O2. The van der Waals surface area contributed by atoms with Crippen molar-refractivity contribution in [3.8, 4) is 6.07 Å². The lowest BCUT2D eigenvalue weighted by molar-refractivity contribution is -0.136. The smallest absolute Gasteiger partial charge is 0.338 e. The van der Waals surface area contributed by atoms with E-state index in [2.05, 4.69) is 6.07 Å². The van der Waals surface area contributed by atoms with E-state index < -0.39 is 11.4 Å². The Bertz CT molecular complexity index is 931. The van der Waals surface area contributed by atoms with Crippen LogP contribution in [-0.2, 0) is 14.9 Å². The van der Waals surface area contributed by atoms with Crippen molar-refractivity contribution in [2.24, 2.45) is 5.73 Å². The number of nitrogens with two attached hydrogens (primary N) is 1. The molecule has 2 aromatic rings. The molecule has 2 N–H and O–H groups in total. The number of benzene rings is 2. The molecule has 0 amide bonds. The number of halogens is 2. The maximum Gasteiger partial charge on any atom is 0.338 e. The van der Waals surface area contributed by atoms with Gasteiger partial charge in [0.05, 0.1) is 34.5 Å². The van der Waals surface area contributed by atoms with E-state index in [-0.39, 0.29) is 16.3 Å². The lowest BCUT2D eigenvalue weighted by Crippen LogP contribution is -2.31. The Balaban J connectivity index is 2.41. The Labute approximate surface area is 149 Å². The fourth-order valence-electron chi connectivity index (χ4n) is 3.09. The first-order valence-electron chi connectivity index (χ1n) is 7.02. The average Bonchev–Trinajstić information content (AvgIpc) is 2.86. The van der Waals surface area contributed by atoms with Crippen LogP contribution in [0.15, 0.2) is 48.0 Å². The second kappa shape index (κ2) is 5.86. The Morgan fingerprint density at radius 1 is 1.21 bits per heavy atom. The van der Waals surface area contributed by atoms with Crippen LogP contribution in [0.1, 0.15) is 16.7 Å². The third kappa shape index (κ3) is 2.10. The van der Waals surface area contributed by atoms with E-state index in [0.717, 1.165) is 0 Å². The van der Waals surface area contributed by atoms with E-state index in [9.17, 15) is 10.1 Å². The number of fused-ring (bicyclic) bond motifs is 1. The Kier molecular flexibility index (Phi) is 4.00. The molecule has 0 aliphatic heterocycles. The van der Waals surface area contributed by atoms with Crippen LogP contribution in [-0.4, -0.2) is 13.1 Å². The van der Waals surface area contributed by atoms with Crippen molar-refractivity contribution in [3.05, 3.63) is 74.8 Å². The molecule has 1 atom stereocenters. The van der Waals surface area contributed by atoms with E-state index in [1.165, 1.54) is 7.11 Å². The van der Waals surface area contributed by atoms with E-state index >= 15 is 0 Å². The second-order valence-electron chi connectivity index (χ2n) is 5.32. The lowest BCUT2D eigenvalue weighted by Gasteiger charge is -2.26. The second-order valence-corrected chi connectivity index (χ2v) is 6.13. The quantitative estimate of drug-likeness (QED) is 0.831. The third-order valence-electron chi connectivity index (χ3n) is 4.18. The van der Waals surface area contributed by atoms with Crippen LogP contribution >= 0.6 is 23.2 Å². The van der Waals surface area contributed by atoms with E-state index in [1.54, 1.807) is 42.5 Å². The van der Waals surface area contributed by atoms with E-state index in [0.29, 0.717) is 21.7 Å². The van der Waals surface area contributed by atoms with E-state index in [1.807, 2.05) is 0 Å².